The van der Waals surface area contributed by atoms with Crippen LogP contribution < -0.4 is 5.32 Å². The topological polar surface area (TPSA) is 95.9 Å². The molecule has 4 aliphatic rings. The third kappa shape index (κ3) is 4.60. The molecule has 0 aromatic carbocycles. The molecule has 0 unspecified atom stereocenters. The van der Waals surface area contributed by atoms with Gasteiger partial charge in [-0.25, -0.2) is 4.79 Å². The van der Waals surface area contributed by atoms with Crippen molar-refractivity contribution in [1.82, 2.24) is 5.32 Å². The van der Waals surface area contributed by atoms with E-state index in [1.54, 1.807) is 0 Å². The molecule has 4 rings (SSSR count). The Kier molecular flexibility index (Phi) is 7.30. The highest BCUT2D eigenvalue weighted by molar-refractivity contribution is 5.67. The van der Waals surface area contributed by atoms with Gasteiger partial charge in [-0.05, 0) is 112 Å². The van der Waals surface area contributed by atoms with E-state index in [2.05, 4.69) is 26.1 Å². The predicted molar refractivity (Wildman–Crippen MR) is 131 cm³/mol. The Labute approximate surface area is 205 Å². The monoisotopic (exact) mass is 477 g/mol. The number of ether oxygens (including phenoxy) is 1. The number of nitrogens with one attached hydrogen (secondary N) is 1. The van der Waals surface area contributed by atoms with Gasteiger partial charge in [-0.3, -0.25) is 4.79 Å². The van der Waals surface area contributed by atoms with Crippen LogP contribution in [0.2, 0.25) is 0 Å². The molecule has 0 aromatic rings. The summed E-state index contributed by atoms with van der Waals surface area (Å²) >= 11 is 0. The summed E-state index contributed by atoms with van der Waals surface area (Å²) in [5.74, 6) is 1.98. The zero-order valence-electron chi connectivity index (χ0n) is 21.9. The summed E-state index contributed by atoms with van der Waals surface area (Å²) in [7, 11) is 0. The van der Waals surface area contributed by atoms with E-state index in [0.29, 0.717) is 35.5 Å². The van der Waals surface area contributed by atoms with Gasteiger partial charge in [0.2, 0.25) is 0 Å². The molecular formula is C28H47NO5. The maximum atomic E-state index is 12.8. The fourth-order valence-corrected chi connectivity index (χ4v) is 9.23. The minimum atomic E-state index is -0.703. The van der Waals surface area contributed by atoms with Crippen LogP contribution in [0.1, 0.15) is 98.8 Å². The number of hydrogen-bond acceptors (Lipinski definition) is 4. The van der Waals surface area contributed by atoms with Crippen molar-refractivity contribution in [3.8, 4) is 0 Å². The molecule has 0 spiro atoms. The molecule has 0 radical (unpaired) electrons. The van der Waals surface area contributed by atoms with Crippen molar-refractivity contribution in [2.45, 2.75) is 117 Å². The number of fused-ring (bicyclic) bond motifs is 5. The first-order chi connectivity index (χ1) is 16.0. The van der Waals surface area contributed by atoms with Crippen LogP contribution in [-0.2, 0) is 9.53 Å². The summed E-state index contributed by atoms with van der Waals surface area (Å²) in [6.45, 7) is 11.1. The van der Waals surface area contributed by atoms with Crippen LogP contribution in [0.15, 0.2) is 0 Å². The van der Waals surface area contributed by atoms with Crippen LogP contribution >= 0.6 is 0 Å². The normalized spacial score (nSPS) is 44.5. The number of aliphatic carboxylic acids is 1. The molecule has 4 saturated carbocycles. The number of aliphatic hydroxyl groups excluding tert-OH is 1. The van der Waals surface area contributed by atoms with E-state index in [4.69, 9.17) is 4.74 Å². The Morgan fingerprint density at radius 2 is 1.68 bits per heavy atom. The average molecular weight is 478 g/mol. The molecule has 194 valence electrons. The Hall–Kier alpha value is -1.30. The summed E-state index contributed by atoms with van der Waals surface area (Å²) in [4.78, 5) is 24.0. The summed E-state index contributed by atoms with van der Waals surface area (Å²) < 4.78 is 6.22. The van der Waals surface area contributed by atoms with E-state index in [1.807, 2.05) is 13.8 Å². The van der Waals surface area contributed by atoms with Gasteiger partial charge >= 0.3 is 12.1 Å². The van der Waals surface area contributed by atoms with Gasteiger partial charge < -0.3 is 20.3 Å². The van der Waals surface area contributed by atoms with Gasteiger partial charge in [-0.15, -0.1) is 0 Å². The molecule has 0 saturated heterocycles. The smallest absolute Gasteiger partial charge is 0.407 e. The van der Waals surface area contributed by atoms with Crippen molar-refractivity contribution in [1.29, 1.82) is 0 Å². The molecule has 0 aromatic heterocycles. The SMILES string of the molecule is CC(C)NC(=O)O[C@@H]1C[C@@H]2C[C@H](O)CC[C@]2(C)[C@H]2CC[C@]3(C)[C@@H]([C@H](C)CCC(=O)O)CC[C@H]3[C@H]12. The third-order valence-corrected chi connectivity index (χ3v) is 10.9. The lowest BCUT2D eigenvalue weighted by molar-refractivity contribution is -0.174. The van der Waals surface area contributed by atoms with E-state index in [1.165, 1.54) is 6.42 Å². The first kappa shape index (κ1) is 25.8. The predicted octanol–water partition coefficient (Wildman–Crippen LogP) is 5.62. The summed E-state index contributed by atoms with van der Waals surface area (Å²) in [6, 6.07) is 0.0382. The fourth-order valence-electron chi connectivity index (χ4n) is 9.23. The average Bonchev–Trinajstić information content (AvgIpc) is 3.09. The van der Waals surface area contributed by atoms with Crippen LogP contribution in [-0.4, -0.2) is 40.5 Å². The van der Waals surface area contributed by atoms with Crippen molar-refractivity contribution in [3.63, 3.8) is 0 Å². The minimum Gasteiger partial charge on any atom is -0.481 e. The van der Waals surface area contributed by atoms with Crippen molar-refractivity contribution in [3.05, 3.63) is 0 Å². The van der Waals surface area contributed by atoms with Crippen molar-refractivity contribution < 1.29 is 24.5 Å². The first-order valence-electron chi connectivity index (χ1n) is 13.8. The summed E-state index contributed by atoms with van der Waals surface area (Å²) in [5, 5.41) is 22.6. The quantitative estimate of drug-likeness (QED) is 0.461. The van der Waals surface area contributed by atoms with Gasteiger partial charge in [0, 0.05) is 18.4 Å². The Morgan fingerprint density at radius 3 is 2.35 bits per heavy atom. The molecule has 4 aliphatic carbocycles. The molecule has 34 heavy (non-hydrogen) atoms. The Bertz CT molecular complexity index is 770. The second-order valence-corrected chi connectivity index (χ2v) is 13.0. The zero-order valence-corrected chi connectivity index (χ0v) is 21.9. The largest absolute Gasteiger partial charge is 0.481 e. The van der Waals surface area contributed by atoms with Crippen LogP contribution in [0.3, 0.4) is 0 Å². The zero-order chi connectivity index (χ0) is 24.8. The highest BCUT2D eigenvalue weighted by atomic mass is 16.6. The number of aliphatic hydroxyl groups is 1. The van der Waals surface area contributed by atoms with E-state index in [0.717, 1.165) is 51.4 Å². The second kappa shape index (κ2) is 9.63. The maximum absolute atomic E-state index is 12.8. The molecular weight excluding hydrogens is 430 g/mol. The van der Waals surface area contributed by atoms with Crippen molar-refractivity contribution in [2.75, 3.05) is 0 Å². The van der Waals surface area contributed by atoms with Crippen LogP contribution in [0, 0.1) is 46.3 Å². The number of alkyl carbamates (subject to hydrolysis) is 1. The van der Waals surface area contributed by atoms with Crippen LogP contribution in [0.25, 0.3) is 0 Å². The highest BCUT2D eigenvalue weighted by Crippen LogP contribution is 2.68. The van der Waals surface area contributed by atoms with Gasteiger partial charge in [-0.1, -0.05) is 20.8 Å². The summed E-state index contributed by atoms with van der Waals surface area (Å²) in [5.41, 5.74) is 0.374. The molecule has 10 atom stereocenters. The lowest BCUT2D eigenvalue weighted by Crippen LogP contribution is -2.59. The van der Waals surface area contributed by atoms with Crippen LogP contribution in [0.4, 0.5) is 4.79 Å². The number of carbonyl (C=O) groups is 2. The third-order valence-electron chi connectivity index (χ3n) is 10.9. The minimum absolute atomic E-state index is 0.0382. The molecule has 6 nitrogen and oxygen atoms in total. The van der Waals surface area contributed by atoms with Gasteiger partial charge in [-0.2, -0.15) is 0 Å². The number of carboxylic acid groups (broad SMARTS) is 1. The molecule has 1 amide bonds. The van der Waals surface area contributed by atoms with E-state index >= 15 is 0 Å². The molecule has 0 heterocycles. The van der Waals surface area contributed by atoms with Gasteiger partial charge in [0.15, 0.2) is 0 Å². The molecule has 0 bridgehead atoms. The fraction of sp³-hybridized carbons (Fsp3) is 0.929. The number of carbonyl (C=O) groups excluding carboxylic acids is 1. The van der Waals surface area contributed by atoms with E-state index in [9.17, 15) is 19.8 Å². The van der Waals surface area contributed by atoms with Crippen molar-refractivity contribution >= 4 is 12.1 Å². The van der Waals surface area contributed by atoms with Crippen molar-refractivity contribution in [2.24, 2.45) is 46.3 Å². The van der Waals surface area contributed by atoms with E-state index < -0.39 is 5.97 Å². The highest BCUT2D eigenvalue weighted by Gasteiger charge is 2.63. The number of rotatable bonds is 6. The molecule has 4 fully saturated rings. The Balaban J connectivity index is 1.61. The number of carboxylic acids is 1. The van der Waals surface area contributed by atoms with Gasteiger partial charge in [0.05, 0.1) is 6.10 Å². The molecule has 3 N–H and O–H groups in total. The molecule has 6 heteroatoms. The number of amides is 1. The van der Waals surface area contributed by atoms with E-state index in [-0.39, 0.29) is 41.6 Å². The maximum Gasteiger partial charge on any atom is 0.407 e. The lowest BCUT2D eigenvalue weighted by atomic mass is 9.43. The first-order valence-corrected chi connectivity index (χ1v) is 13.8. The summed E-state index contributed by atoms with van der Waals surface area (Å²) in [6.07, 6.45) is 8.57. The standard InChI is InChI=1S/C28H47NO5/c1-16(2)29-26(33)34-23-15-18-14-19(30)10-12-27(18,4)22-11-13-28(5)20(7-8-21(28)25(22)23)17(3)6-9-24(31)32/h16-23,25,30H,6-15H2,1-5H3,(H,29,33)(H,31,32)/t17-,18+,19-,20-,21+,22+,23-,25+,27+,28-/m1/s1. The number of hydrogen-bond donors (Lipinski definition) is 3. The molecule has 0 aliphatic heterocycles. The van der Waals surface area contributed by atoms with Gasteiger partial charge in [0.1, 0.15) is 6.10 Å². The Morgan fingerprint density at radius 1 is 1.00 bits per heavy atom. The lowest BCUT2D eigenvalue weighted by Gasteiger charge is -2.62. The van der Waals surface area contributed by atoms with Crippen LogP contribution in [0.5, 0.6) is 0 Å². The second-order valence-electron chi connectivity index (χ2n) is 13.0. The van der Waals surface area contributed by atoms with Gasteiger partial charge in [0.25, 0.3) is 0 Å².